The van der Waals surface area contributed by atoms with Crippen molar-refractivity contribution >= 4 is 86.7 Å². The van der Waals surface area contributed by atoms with Gasteiger partial charge in [0.15, 0.2) is 0 Å². The Balaban J connectivity index is 1.04. The van der Waals surface area contributed by atoms with E-state index in [1.807, 2.05) is 0 Å². The van der Waals surface area contributed by atoms with E-state index in [2.05, 4.69) is 198 Å². The van der Waals surface area contributed by atoms with Crippen LogP contribution in [0.1, 0.15) is 0 Å². The number of hydrogen-bond donors (Lipinski definition) is 1. The van der Waals surface area contributed by atoms with E-state index in [0.29, 0.717) is 0 Å². The highest BCUT2D eigenvalue weighted by atomic mass is 15.0. The number of rotatable bonds is 3. The van der Waals surface area contributed by atoms with E-state index in [0.717, 1.165) is 5.69 Å². The van der Waals surface area contributed by atoms with Crippen LogP contribution in [0.3, 0.4) is 0 Å². The number of para-hydroxylation sites is 2. The third-order valence-electron chi connectivity index (χ3n) is 11.7. The number of aromatic amines is 1. The minimum atomic E-state index is 1.16. The molecule has 0 amide bonds. The molecule has 0 atom stereocenters. The third kappa shape index (κ3) is 4.11. The molecule has 0 aliphatic heterocycles. The van der Waals surface area contributed by atoms with Crippen LogP contribution in [-0.2, 0) is 0 Å². The number of benzene rings is 10. The first kappa shape index (κ1) is 29.4. The SMILES string of the molecule is c1ccc(-c2c3ccccc3c(-c3ccc4c(ccc5cc(-n6c7ccccc7c7c8[nH]c9ccccc9c8ccc76)ccc54)c3)c3ccccc23)cc1. The van der Waals surface area contributed by atoms with E-state index < -0.39 is 0 Å². The molecule has 0 spiro atoms. The molecule has 2 nitrogen and oxygen atoms in total. The minimum Gasteiger partial charge on any atom is -0.354 e. The second-order valence-electron chi connectivity index (χ2n) is 14.5. The Bertz CT molecular complexity index is 3430. The fourth-order valence-corrected chi connectivity index (χ4v) is 9.36. The molecule has 1 N–H and O–H groups in total. The second kappa shape index (κ2) is 11.2. The van der Waals surface area contributed by atoms with Crippen molar-refractivity contribution < 1.29 is 0 Å². The van der Waals surface area contributed by atoms with Gasteiger partial charge >= 0.3 is 0 Å². The number of nitrogens with one attached hydrogen (secondary N) is 1. The topological polar surface area (TPSA) is 20.7 Å². The molecule has 250 valence electrons. The standard InChI is InChI=1S/C52H32N2/c1-2-12-32(13-3-1)49-40-15-4-6-17-42(40)50(43-18-7-5-16-41(43)49)35-24-26-37-33(30-35)22-23-34-31-36(25-27-38(34)37)54-47-21-11-9-19-45(47)51-48(54)29-28-44-39-14-8-10-20-46(39)53-52(44)51/h1-31,53H. The quantitative estimate of drug-likeness (QED) is 0.141. The van der Waals surface area contributed by atoms with Gasteiger partial charge in [0.1, 0.15) is 0 Å². The van der Waals surface area contributed by atoms with Crippen LogP contribution >= 0.6 is 0 Å². The van der Waals surface area contributed by atoms with E-state index in [-0.39, 0.29) is 0 Å². The summed E-state index contributed by atoms with van der Waals surface area (Å²) in [5, 5.41) is 15.1. The van der Waals surface area contributed by atoms with Crippen LogP contribution in [0.25, 0.3) is 115 Å². The molecular weight excluding hydrogens is 653 g/mol. The molecule has 0 fully saturated rings. The molecular formula is C52H32N2. The lowest BCUT2D eigenvalue weighted by molar-refractivity contribution is 1.19. The average molecular weight is 685 g/mol. The molecule has 54 heavy (non-hydrogen) atoms. The number of H-pyrrole nitrogens is 1. The van der Waals surface area contributed by atoms with Crippen LogP contribution < -0.4 is 0 Å². The Hall–Kier alpha value is -7.16. The summed E-state index contributed by atoms with van der Waals surface area (Å²) in [4.78, 5) is 3.76. The van der Waals surface area contributed by atoms with E-state index >= 15 is 0 Å². The lowest BCUT2D eigenvalue weighted by Gasteiger charge is -2.18. The summed E-state index contributed by atoms with van der Waals surface area (Å²) in [6.07, 6.45) is 0. The van der Waals surface area contributed by atoms with Crippen molar-refractivity contribution in [2.45, 2.75) is 0 Å². The Labute approximate surface area is 311 Å². The maximum atomic E-state index is 3.76. The van der Waals surface area contributed by atoms with Crippen molar-refractivity contribution in [3.05, 3.63) is 188 Å². The molecule has 0 aliphatic rings. The van der Waals surface area contributed by atoms with Crippen LogP contribution in [0.5, 0.6) is 0 Å². The zero-order chi connectivity index (χ0) is 35.3. The largest absolute Gasteiger partial charge is 0.354 e. The highest BCUT2D eigenvalue weighted by Crippen LogP contribution is 2.45. The predicted molar refractivity (Wildman–Crippen MR) is 231 cm³/mol. The molecule has 2 heterocycles. The summed E-state index contributed by atoms with van der Waals surface area (Å²) in [6.45, 7) is 0. The number of aromatic nitrogens is 2. The molecule has 0 bridgehead atoms. The van der Waals surface area contributed by atoms with Gasteiger partial charge in [-0.2, -0.15) is 0 Å². The Morgan fingerprint density at radius 1 is 0.333 bits per heavy atom. The first-order valence-electron chi connectivity index (χ1n) is 18.7. The Morgan fingerprint density at radius 3 is 1.61 bits per heavy atom. The summed E-state index contributed by atoms with van der Waals surface area (Å²) in [5.74, 6) is 0. The molecule has 2 heteroatoms. The minimum absolute atomic E-state index is 1.16. The third-order valence-corrected chi connectivity index (χ3v) is 11.7. The number of fused-ring (bicyclic) bond motifs is 12. The molecule has 0 aliphatic carbocycles. The van der Waals surface area contributed by atoms with E-state index in [1.165, 1.54) is 109 Å². The van der Waals surface area contributed by atoms with E-state index in [4.69, 9.17) is 0 Å². The highest BCUT2D eigenvalue weighted by Gasteiger charge is 2.19. The molecule has 0 unspecified atom stereocenters. The maximum absolute atomic E-state index is 3.76. The zero-order valence-electron chi connectivity index (χ0n) is 29.3. The van der Waals surface area contributed by atoms with E-state index in [9.17, 15) is 0 Å². The van der Waals surface area contributed by atoms with Crippen molar-refractivity contribution in [2.75, 3.05) is 0 Å². The van der Waals surface area contributed by atoms with Crippen molar-refractivity contribution in [1.82, 2.24) is 9.55 Å². The van der Waals surface area contributed by atoms with Crippen LogP contribution in [-0.4, -0.2) is 9.55 Å². The summed E-state index contributed by atoms with van der Waals surface area (Å²) in [7, 11) is 0. The molecule has 0 saturated carbocycles. The lowest BCUT2D eigenvalue weighted by Crippen LogP contribution is -1.94. The molecule has 2 aromatic heterocycles. The first-order chi connectivity index (χ1) is 26.8. The van der Waals surface area contributed by atoms with Crippen LogP contribution in [0.4, 0.5) is 0 Å². The smallest absolute Gasteiger partial charge is 0.0566 e. The Morgan fingerprint density at radius 2 is 0.889 bits per heavy atom. The number of nitrogens with zero attached hydrogens (tertiary/aromatic N) is 1. The maximum Gasteiger partial charge on any atom is 0.0566 e. The van der Waals surface area contributed by atoms with Gasteiger partial charge in [-0.25, -0.2) is 0 Å². The van der Waals surface area contributed by atoms with Gasteiger partial charge in [-0.3, -0.25) is 0 Å². The van der Waals surface area contributed by atoms with Gasteiger partial charge in [0, 0.05) is 32.7 Å². The van der Waals surface area contributed by atoms with Gasteiger partial charge in [-0.05, 0) is 102 Å². The summed E-state index contributed by atoms with van der Waals surface area (Å²) < 4.78 is 2.43. The summed E-state index contributed by atoms with van der Waals surface area (Å²) in [5.41, 5.74) is 11.0. The molecule has 12 aromatic rings. The molecule has 10 aromatic carbocycles. The van der Waals surface area contributed by atoms with Crippen molar-refractivity contribution in [3.63, 3.8) is 0 Å². The molecule has 0 saturated heterocycles. The summed E-state index contributed by atoms with van der Waals surface area (Å²) >= 11 is 0. The van der Waals surface area contributed by atoms with Gasteiger partial charge < -0.3 is 9.55 Å². The predicted octanol–water partition coefficient (Wildman–Crippen LogP) is 14.4. The summed E-state index contributed by atoms with van der Waals surface area (Å²) in [6, 6.07) is 69.2. The van der Waals surface area contributed by atoms with Gasteiger partial charge in [0.25, 0.3) is 0 Å². The molecule has 12 rings (SSSR count). The number of hydrogen-bond acceptors (Lipinski definition) is 0. The average Bonchev–Trinajstić information content (AvgIpc) is 3.78. The zero-order valence-corrected chi connectivity index (χ0v) is 29.3. The van der Waals surface area contributed by atoms with Gasteiger partial charge in [-0.15, -0.1) is 0 Å². The van der Waals surface area contributed by atoms with Crippen LogP contribution in [0.2, 0.25) is 0 Å². The molecule has 0 radical (unpaired) electrons. The van der Waals surface area contributed by atoms with Crippen molar-refractivity contribution in [3.8, 4) is 27.9 Å². The lowest BCUT2D eigenvalue weighted by atomic mass is 9.85. The second-order valence-corrected chi connectivity index (χ2v) is 14.5. The highest BCUT2D eigenvalue weighted by molar-refractivity contribution is 6.26. The first-order valence-corrected chi connectivity index (χ1v) is 18.7. The fraction of sp³-hybridized carbons (Fsp3) is 0. The van der Waals surface area contributed by atoms with Crippen molar-refractivity contribution in [2.24, 2.45) is 0 Å². The van der Waals surface area contributed by atoms with Gasteiger partial charge in [-0.1, -0.05) is 152 Å². The van der Waals surface area contributed by atoms with Crippen molar-refractivity contribution in [1.29, 1.82) is 0 Å². The van der Waals surface area contributed by atoms with Crippen LogP contribution in [0, 0.1) is 0 Å². The van der Waals surface area contributed by atoms with Crippen LogP contribution in [0.15, 0.2) is 188 Å². The normalized spacial score (nSPS) is 12.1. The van der Waals surface area contributed by atoms with Gasteiger partial charge in [0.2, 0.25) is 0 Å². The van der Waals surface area contributed by atoms with Gasteiger partial charge in [0.05, 0.1) is 16.6 Å². The fourth-order valence-electron chi connectivity index (χ4n) is 9.36. The Kier molecular flexibility index (Phi) is 6.09. The van der Waals surface area contributed by atoms with E-state index in [1.54, 1.807) is 0 Å². The monoisotopic (exact) mass is 684 g/mol.